The van der Waals surface area contributed by atoms with E-state index in [0.717, 1.165) is 12.0 Å². The molecular formula is C28H27NO5. The predicted octanol–water partition coefficient (Wildman–Crippen LogP) is 5.42. The van der Waals surface area contributed by atoms with E-state index in [2.05, 4.69) is 0 Å². The first-order valence-corrected chi connectivity index (χ1v) is 11.2. The summed E-state index contributed by atoms with van der Waals surface area (Å²) in [5.74, 6) is -0.317. The minimum Gasteiger partial charge on any atom is -0.507 e. The van der Waals surface area contributed by atoms with E-state index < -0.39 is 17.7 Å². The topological polar surface area (TPSA) is 76.1 Å². The van der Waals surface area contributed by atoms with Crippen LogP contribution < -0.4 is 14.4 Å². The van der Waals surface area contributed by atoms with Gasteiger partial charge in [0.15, 0.2) is 0 Å². The molecular weight excluding hydrogens is 430 g/mol. The number of amides is 1. The summed E-state index contributed by atoms with van der Waals surface area (Å²) < 4.78 is 10.9. The van der Waals surface area contributed by atoms with Gasteiger partial charge in [0.25, 0.3) is 11.7 Å². The molecule has 34 heavy (non-hydrogen) atoms. The fraction of sp³-hybridized carbons (Fsp3) is 0.214. The number of hydrogen-bond acceptors (Lipinski definition) is 5. The highest BCUT2D eigenvalue weighted by Crippen LogP contribution is 2.42. The summed E-state index contributed by atoms with van der Waals surface area (Å²) in [6, 6.07) is 20.6. The van der Waals surface area contributed by atoms with Crippen molar-refractivity contribution in [3.8, 4) is 11.5 Å². The Morgan fingerprint density at radius 3 is 2.26 bits per heavy atom. The molecule has 1 fully saturated rings. The number of nitrogens with zero attached hydrogens (tertiary/aromatic N) is 1. The molecule has 1 N–H and O–H groups in total. The summed E-state index contributed by atoms with van der Waals surface area (Å²) in [6.07, 6.45) is 0.881. The van der Waals surface area contributed by atoms with Crippen molar-refractivity contribution in [2.24, 2.45) is 0 Å². The highest BCUT2D eigenvalue weighted by molar-refractivity contribution is 6.51. The third kappa shape index (κ3) is 4.39. The lowest BCUT2D eigenvalue weighted by molar-refractivity contribution is -0.132. The van der Waals surface area contributed by atoms with Gasteiger partial charge >= 0.3 is 0 Å². The van der Waals surface area contributed by atoms with Crippen LogP contribution in [0.3, 0.4) is 0 Å². The van der Waals surface area contributed by atoms with E-state index in [9.17, 15) is 14.7 Å². The van der Waals surface area contributed by atoms with Crippen LogP contribution >= 0.6 is 0 Å². The first-order chi connectivity index (χ1) is 16.4. The standard InChI is InChI=1S/C28H27NO5/c1-4-16-34-23-14-10-20(11-15-23)26(30)24-25(19-8-12-22(33-3)13-9-19)29(28(32)27(24)31)21-7-5-6-18(2)17-21/h5-15,17,25,30H,4,16H2,1-3H3/b26-24+. The van der Waals surface area contributed by atoms with E-state index in [1.807, 2.05) is 32.0 Å². The molecule has 3 aromatic carbocycles. The zero-order valence-corrected chi connectivity index (χ0v) is 19.4. The van der Waals surface area contributed by atoms with Crippen LogP contribution in [0.15, 0.2) is 78.4 Å². The molecule has 6 heteroatoms. The minimum atomic E-state index is -0.788. The molecule has 174 valence electrons. The number of hydrogen-bond donors (Lipinski definition) is 1. The lowest BCUT2D eigenvalue weighted by Gasteiger charge is -2.26. The molecule has 3 aromatic rings. The third-order valence-corrected chi connectivity index (χ3v) is 5.76. The predicted molar refractivity (Wildman–Crippen MR) is 131 cm³/mol. The lowest BCUT2D eigenvalue weighted by Crippen LogP contribution is -2.29. The number of ether oxygens (including phenoxy) is 2. The van der Waals surface area contributed by atoms with Gasteiger partial charge in [0.2, 0.25) is 0 Å². The molecule has 1 unspecified atom stereocenters. The molecule has 1 aliphatic rings. The fourth-order valence-electron chi connectivity index (χ4n) is 4.06. The summed E-state index contributed by atoms with van der Waals surface area (Å²) in [5.41, 5.74) is 2.70. The summed E-state index contributed by atoms with van der Waals surface area (Å²) in [6.45, 7) is 4.53. The molecule has 0 aliphatic carbocycles. The van der Waals surface area contributed by atoms with Gasteiger partial charge in [0, 0.05) is 11.3 Å². The number of ketones is 1. The zero-order valence-electron chi connectivity index (χ0n) is 19.4. The molecule has 4 rings (SSSR count). The molecule has 0 radical (unpaired) electrons. The minimum absolute atomic E-state index is 0.0406. The van der Waals surface area contributed by atoms with Gasteiger partial charge in [-0.2, -0.15) is 0 Å². The summed E-state index contributed by atoms with van der Waals surface area (Å²) in [4.78, 5) is 27.9. The summed E-state index contributed by atoms with van der Waals surface area (Å²) in [7, 11) is 1.57. The Labute approximate surface area is 199 Å². The van der Waals surface area contributed by atoms with Crippen molar-refractivity contribution >= 4 is 23.1 Å². The van der Waals surface area contributed by atoms with E-state index in [4.69, 9.17) is 9.47 Å². The van der Waals surface area contributed by atoms with E-state index in [-0.39, 0.29) is 11.3 Å². The molecule has 0 aromatic heterocycles. The van der Waals surface area contributed by atoms with Gasteiger partial charge in [-0.3, -0.25) is 14.5 Å². The molecule has 1 amide bonds. The SMILES string of the molecule is CCCOc1ccc(/C(O)=C2\C(=O)C(=O)N(c3cccc(C)c3)C2c2ccc(OC)cc2)cc1. The summed E-state index contributed by atoms with van der Waals surface area (Å²) in [5, 5.41) is 11.2. The Kier molecular flexibility index (Phi) is 6.68. The number of aryl methyl sites for hydroxylation is 1. The first-order valence-electron chi connectivity index (χ1n) is 11.2. The number of aliphatic hydroxyl groups is 1. The number of aliphatic hydroxyl groups excluding tert-OH is 1. The number of benzene rings is 3. The van der Waals surface area contributed by atoms with Crippen molar-refractivity contribution in [3.63, 3.8) is 0 Å². The van der Waals surface area contributed by atoms with Crippen molar-refractivity contribution in [1.82, 2.24) is 0 Å². The molecule has 1 heterocycles. The van der Waals surface area contributed by atoms with Crippen LogP contribution in [-0.4, -0.2) is 30.5 Å². The van der Waals surface area contributed by atoms with Crippen molar-refractivity contribution in [2.75, 3.05) is 18.6 Å². The molecule has 1 aliphatic heterocycles. The second-order valence-corrected chi connectivity index (χ2v) is 8.15. The average molecular weight is 458 g/mol. The maximum atomic E-state index is 13.2. The van der Waals surface area contributed by atoms with E-state index in [0.29, 0.717) is 34.9 Å². The maximum absolute atomic E-state index is 13.2. The highest BCUT2D eigenvalue weighted by atomic mass is 16.5. The quantitative estimate of drug-likeness (QED) is 0.291. The highest BCUT2D eigenvalue weighted by Gasteiger charge is 2.47. The second-order valence-electron chi connectivity index (χ2n) is 8.15. The van der Waals surface area contributed by atoms with Gasteiger partial charge in [-0.15, -0.1) is 0 Å². The number of rotatable bonds is 7. The van der Waals surface area contributed by atoms with Crippen LogP contribution in [0.5, 0.6) is 11.5 Å². The van der Waals surface area contributed by atoms with Crippen LogP contribution in [0.25, 0.3) is 5.76 Å². The Balaban J connectivity index is 1.84. The van der Waals surface area contributed by atoms with Crippen molar-refractivity contribution in [2.45, 2.75) is 26.3 Å². The molecule has 1 atom stereocenters. The van der Waals surface area contributed by atoms with Gasteiger partial charge in [0.05, 0.1) is 25.3 Å². The van der Waals surface area contributed by atoms with E-state index in [1.165, 1.54) is 4.90 Å². The van der Waals surface area contributed by atoms with Crippen LogP contribution in [0, 0.1) is 6.92 Å². The molecule has 0 spiro atoms. The number of carbonyl (C=O) groups excluding carboxylic acids is 2. The Morgan fingerprint density at radius 2 is 1.65 bits per heavy atom. The maximum Gasteiger partial charge on any atom is 0.300 e. The Hall–Kier alpha value is -4.06. The van der Waals surface area contributed by atoms with Gasteiger partial charge in [-0.1, -0.05) is 31.2 Å². The molecule has 0 bridgehead atoms. The number of Topliss-reactive ketones (excluding diaryl/α,β-unsaturated/α-hetero) is 1. The van der Waals surface area contributed by atoms with Crippen LogP contribution in [0.2, 0.25) is 0 Å². The van der Waals surface area contributed by atoms with Crippen molar-refractivity contribution < 1.29 is 24.2 Å². The van der Waals surface area contributed by atoms with Crippen molar-refractivity contribution in [3.05, 3.63) is 95.1 Å². The van der Waals surface area contributed by atoms with Gasteiger partial charge < -0.3 is 14.6 Å². The van der Waals surface area contributed by atoms with Gasteiger partial charge in [-0.25, -0.2) is 0 Å². The zero-order chi connectivity index (χ0) is 24.2. The van der Waals surface area contributed by atoms with Gasteiger partial charge in [0.1, 0.15) is 17.3 Å². The van der Waals surface area contributed by atoms with Crippen LogP contribution in [0.4, 0.5) is 5.69 Å². The molecule has 1 saturated heterocycles. The van der Waals surface area contributed by atoms with Gasteiger partial charge in [-0.05, 0) is 73.0 Å². The normalized spacial score (nSPS) is 17.1. The smallest absolute Gasteiger partial charge is 0.300 e. The number of carbonyl (C=O) groups is 2. The van der Waals surface area contributed by atoms with E-state index >= 15 is 0 Å². The Morgan fingerprint density at radius 1 is 0.971 bits per heavy atom. The third-order valence-electron chi connectivity index (χ3n) is 5.76. The second kappa shape index (κ2) is 9.83. The molecule has 0 saturated carbocycles. The Bertz CT molecular complexity index is 1230. The average Bonchev–Trinajstić information content (AvgIpc) is 3.13. The van der Waals surface area contributed by atoms with Crippen LogP contribution in [0.1, 0.15) is 36.1 Å². The van der Waals surface area contributed by atoms with Crippen LogP contribution in [-0.2, 0) is 9.59 Å². The molecule has 6 nitrogen and oxygen atoms in total. The first kappa shape index (κ1) is 23.1. The van der Waals surface area contributed by atoms with Crippen molar-refractivity contribution in [1.29, 1.82) is 0 Å². The van der Waals surface area contributed by atoms with E-state index in [1.54, 1.807) is 61.7 Å². The summed E-state index contributed by atoms with van der Waals surface area (Å²) >= 11 is 0. The monoisotopic (exact) mass is 457 g/mol. The fourth-order valence-corrected chi connectivity index (χ4v) is 4.06. The number of methoxy groups -OCH3 is 1. The largest absolute Gasteiger partial charge is 0.507 e. The lowest BCUT2D eigenvalue weighted by atomic mass is 9.95. The number of anilines is 1.